The fourth-order valence-electron chi connectivity index (χ4n) is 3.40. The highest BCUT2D eigenvalue weighted by atomic mass is 32.1. The zero-order valence-corrected chi connectivity index (χ0v) is 12.2. The third-order valence-electron chi connectivity index (χ3n) is 4.64. The van der Waals surface area contributed by atoms with E-state index in [1.54, 1.807) is 0 Å². The van der Waals surface area contributed by atoms with E-state index in [1.165, 1.54) is 49.5 Å². The van der Waals surface area contributed by atoms with Gasteiger partial charge >= 0.3 is 0 Å². The standard InChI is InChI=1S/C14H23N3S/c1-10(15-2)12-9-18-14(16-12)17-8-7-11-5-3-4-6-13(11)17/h9-11,13,15H,3-8H2,1-2H3. The van der Waals surface area contributed by atoms with Crippen molar-refractivity contribution in [1.82, 2.24) is 10.3 Å². The van der Waals surface area contributed by atoms with Gasteiger partial charge in [0.25, 0.3) is 0 Å². The maximum Gasteiger partial charge on any atom is 0.185 e. The maximum absolute atomic E-state index is 4.84. The van der Waals surface area contributed by atoms with Crippen molar-refractivity contribution in [2.75, 3.05) is 18.5 Å². The molecule has 3 atom stereocenters. The van der Waals surface area contributed by atoms with Crippen molar-refractivity contribution in [3.05, 3.63) is 11.1 Å². The Bertz CT molecular complexity index is 403. The fourth-order valence-corrected chi connectivity index (χ4v) is 4.40. The van der Waals surface area contributed by atoms with Gasteiger partial charge in [0.05, 0.1) is 5.69 Å². The van der Waals surface area contributed by atoms with Crippen molar-refractivity contribution < 1.29 is 0 Å². The second-order valence-corrected chi connectivity index (χ2v) is 6.50. The number of thiazole rings is 1. The Hall–Kier alpha value is -0.610. The summed E-state index contributed by atoms with van der Waals surface area (Å²) in [7, 11) is 2.00. The molecule has 100 valence electrons. The lowest BCUT2D eigenvalue weighted by Gasteiger charge is -2.31. The van der Waals surface area contributed by atoms with Gasteiger partial charge in [-0.25, -0.2) is 4.98 Å². The zero-order chi connectivity index (χ0) is 12.5. The molecule has 3 nitrogen and oxygen atoms in total. The van der Waals surface area contributed by atoms with E-state index in [1.807, 2.05) is 18.4 Å². The zero-order valence-electron chi connectivity index (χ0n) is 11.4. The topological polar surface area (TPSA) is 28.2 Å². The average Bonchev–Trinajstić information content (AvgIpc) is 3.03. The van der Waals surface area contributed by atoms with Gasteiger partial charge in [0.15, 0.2) is 5.13 Å². The van der Waals surface area contributed by atoms with Crippen LogP contribution in [0.1, 0.15) is 50.8 Å². The van der Waals surface area contributed by atoms with Crippen LogP contribution in [0.25, 0.3) is 0 Å². The summed E-state index contributed by atoms with van der Waals surface area (Å²) in [5.74, 6) is 0.938. The van der Waals surface area contributed by atoms with Gasteiger partial charge in [-0.1, -0.05) is 12.8 Å². The van der Waals surface area contributed by atoms with E-state index in [0.717, 1.165) is 12.0 Å². The van der Waals surface area contributed by atoms with Gasteiger partial charge in [-0.3, -0.25) is 0 Å². The normalized spacial score (nSPS) is 29.3. The van der Waals surface area contributed by atoms with E-state index in [2.05, 4.69) is 22.5 Å². The Balaban J connectivity index is 1.76. The Labute approximate surface area is 114 Å². The van der Waals surface area contributed by atoms with E-state index in [-0.39, 0.29) is 0 Å². The molecule has 0 spiro atoms. The molecule has 1 N–H and O–H groups in total. The van der Waals surface area contributed by atoms with Gasteiger partial charge in [-0.2, -0.15) is 0 Å². The first-order chi connectivity index (χ1) is 8.79. The molecule has 1 aliphatic heterocycles. The van der Waals surface area contributed by atoms with Gasteiger partial charge in [0.1, 0.15) is 0 Å². The minimum absolute atomic E-state index is 0.361. The van der Waals surface area contributed by atoms with E-state index in [0.29, 0.717) is 6.04 Å². The molecule has 1 saturated carbocycles. The molecule has 3 unspecified atom stereocenters. The molecule has 2 heterocycles. The predicted octanol–water partition coefficient (Wildman–Crippen LogP) is 3.19. The van der Waals surface area contributed by atoms with Gasteiger partial charge in [-0.15, -0.1) is 11.3 Å². The minimum Gasteiger partial charge on any atom is -0.345 e. The number of anilines is 1. The summed E-state index contributed by atoms with van der Waals surface area (Å²) in [4.78, 5) is 7.42. The summed E-state index contributed by atoms with van der Waals surface area (Å²) in [5.41, 5.74) is 1.19. The molecule has 2 aliphatic rings. The molecule has 2 fully saturated rings. The molecule has 1 aliphatic carbocycles. The molecule has 4 heteroatoms. The second-order valence-electron chi connectivity index (χ2n) is 5.66. The quantitative estimate of drug-likeness (QED) is 0.909. The SMILES string of the molecule is CNC(C)c1csc(N2CCC3CCCCC32)n1. The molecule has 1 aromatic heterocycles. The Morgan fingerprint density at radius 1 is 1.39 bits per heavy atom. The largest absolute Gasteiger partial charge is 0.345 e. The second kappa shape index (κ2) is 5.17. The number of aromatic nitrogens is 1. The number of nitrogens with one attached hydrogen (secondary N) is 1. The third kappa shape index (κ3) is 2.16. The van der Waals surface area contributed by atoms with E-state index >= 15 is 0 Å². The van der Waals surface area contributed by atoms with Gasteiger partial charge < -0.3 is 10.2 Å². The lowest BCUT2D eigenvalue weighted by molar-refractivity contribution is 0.342. The lowest BCUT2D eigenvalue weighted by atomic mass is 9.85. The maximum atomic E-state index is 4.84. The van der Waals surface area contributed by atoms with Gasteiger partial charge in [0, 0.05) is 24.0 Å². The lowest BCUT2D eigenvalue weighted by Crippen LogP contribution is -2.34. The highest BCUT2D eigenvalue weighted by Crippen LogP contribution is 2.40. The number of rotatable bonds is 3. The van der Waals surface area contributed by atoms with Crippen LogP contribution in [0.3, 0.4) is 0 Å². The van der Waals surface area contributed by atoms with Crippen LogP contribution in [-0.4, -0.2) is 24.6 Å². The van der Waals surface area contributed by atoms with E-state index in [4.69, 9.17) is 4.98 Å². The number of fused-ring (bicyclic) bond motifs is 1. The van der Waals surface area contributed by atoms with Crippen molar-refractivity contribution in [2.45, 2.75) is 51.1 Å². The van der Waals surface area contributed by atoms with Crippen molar-refractivity contribution in [1.29, 1.82) is 0 Å². The van der Waals surface area contributed by atoms with Crippen LogP contribution in [0.5, 0.6) is 0 Å². The molecule has 1 saturated heterocycles. The fraction of sp³-hybridized carbons (Fsp3) is 0.786. The molecule has 1 aromatic rings. The Kier molecular flexibility index (Phi) is 3.57. The molecule has 18 heavy (non-hydrogen) atoms. The van der Waals surface area contributed by atoms with Crippen LogP contribution in [0, 0.1) is 5.92 Å². The Morgan fingerprint density at radius 2 is 2.22 bits per heavy atom. The van der Waals surface area contributed by atoms with Crippen molar-refractivity contribution in [3.63, 3.8) is 0 Å². The predicted molar refractivity (Wildman–Crippen MR) is 77.3 cm³/mol. The van der Waals surface area contributed by atoms with Gasteiger partial charge in [-0.05, 0) is 39.2 Å². The first-order valence-corrected chi connectivity index (χ1v) is 8.07. The summed E-state index contributed by atoms with van der Waals surface area (Å²) in [6, 6.07) is 1.14. The van der Waals surface area contributed by atoms with Crippen molar-refractivity contribution >= 4 is 16.5 Å². The van der Waals surface area contributed by atoms with Crippen molar-refractivity contribution in [3.8, 4) is 0 Å². The minimum atomic E-state index is 0.361. The summed E-state index contributed by atoms with van der Waals surface area (Å²) in [6.45, 7) is 3.39. The molecule has 3 rings (SSSR count). The van der Waals surface area contributed by atoms with Crippen LogP contribution in [0.15, 0.2) is 5.38 Å². The molecule has 0 aromatic carbocycles. The first kappa shape index (κ1) is 12.4. The molecular weight excluding hydrogens is 242 g/mol. The van der Waals surface area contributed by atoms with Crippen molar-refractivity contribution in [2.24, 2.45) is 5.92 Å². The molecule has 0 radical (unpaired) electrons. The first-order valence-electron chi connectivity index (χ1n) is 7.19. The van der Waals surface area contributed by atoms with Gasteiger partial charge in [0.2, 0.25) is 0 Å². The summed E-state index contributed by atoms with van der Waals surface area (Å²) >= 11 is 1.82. The number of hydrogen-bond donors (Lipinski definition) is 1. The van der Waals surface area contributed by atoms with E-state index in [9.17, 15) is 0 Å². The summed E-state index contributed by atoms with van der Waals surface area (Å²) in [6.07, 6.45) is 7.03. The van der Waals surface area contributed by atoms with Crippen LogP contribution in [0.4, 0.5) is 5.13 Å². The molecular formula is C14H23N3S. The molecule has 0 bridgehead atoms. The highest BCUT2D eigenvalue weighted by molar-refractivity contribution is 7.13. The average molecular weight is 265 g/mol. The third-order valence-corrected chi connectivity index (χ3v) is 5.54. The number of nitrogens with zero attached hydrogens (tertiary/aromatic N) is 2. The van der Waals surface area contributed by atoms with E-state index < -0.39 is 0 Å². The smallest absolute Gasteiger partial charge is 0.185 e. The summed E-state index contributed by atoms with van der Waals surface area (Å²) in [5, 5.41) is 6.73. The van der Waals surface area contributed by atoms with Crippen LogP contribution < -0.4 is 10.2 Å². The van der Waals surface area contributed by atoms with Crippen LogP contribution >= 0.6 is 11.3 Å². The highest BCUT2D eigenvalue weighted by Gasteiger charge is 2.36. The number of hydrogen-bond acceptors (Lipinski definition) is 4. The van der Waals surface area contributed by atoms with Crippen LogP contribution in [0.2, 0.25) is 0 Å². The summed E-state index contributed by atoms with van der Waals surface area (Å²) < 4.78 is 0. The Morgan fingerprint density at radius 3 is 3.06 bits per heavy atom. The van der Waals surface area contributed by atoms with Crippen LogP contribution in [-0.2, 0) is 0 Å². The monoisotopic (exact) mass is 265 g/mol. The molecule has 0 amide bonds.